The van der Waals surface area contributed by atoms with Crippen LogP contribution in [0.3, 0.4) is 0 Å². The third-order valence-corrected chi connectivity index (χ3v) is 15.6. The van der Waals surface area contributed by atoms with Crippen molar-refractivity contribution in [1.82, 2.24) is 0 Å². The minimum atomic E-state index is -1.45. The number of ether oxygens (including phenoxy) is 6. The van der Waals surface area contributed by atoms with Crippen molar-refractivity contribution in [3.8, 4) is 0 Å². The van der Waals surface area contributed by atoms with E-state index in [0.29, 0.717) is 42.4 Å². The Hall–Kier alpha value is -0.740. The van der Waals surface area contributed by atoms with Gasteiger partial charge in [-0.05, 0) is 87.4 Å². The maximum absolute atomic E-state index is 11.1. The molecule has 4 aliphatic carbocycles. The average Bonchev–Trinajstić information content (AvgIpc) is 3.55. The summed E-state index contributed by atoms with van der Waals surface area (Å²) < 4.78 is 38.5. The van der Waals surface area contributed by atoms with Crippen LogP contribution in [0.1, 0.15) is 92.9 Å². The monoisotopic (exact) mass is 722 g/mol. The Bertz CT molecular complexity index is 1320. The van der Waals surface area contributed by atoms with E-state index >= 15 is 0 Å². The summed E-state index contributed by atoms with van der Waals surface area (Å²) in [5.74, 6) is 1.99. The Morgan fingerprint density at radius 2 is 1.39 bits per heavy atom. The van der Waals surface area contributed by atoms with Crippen molar-refractivity contribution in [3.63, 3.8) is 0 Å². The summed E-state index contributed by atoms with van der Waals surface area (Å²) in [5, 5.41) is 63.8. The van der Waals surface area contributed by atoms with Crippen molar-refractivity contribution in [1.29, 1.82) is 0 Å². The summed E-state index contributed by atoms with van der Waals surface area (Å²) in [6, 6.07) is 0. The Morgan fingerprint density at radius 3 is 2.02 bits per heavy atom. The lowest BCUT2D eigenvalue weighted by Crippen LogP contribution is -2.62. The van der Waals surface area contributed by atoms with E-state index in [2.05, 4.69) is 33.8 Å². The van der Waals surface area contributed by atoms with Crippen molar-refractivity contribution in [2.75, 3.05) is 6.61 Å². The van der Waals surface area contributed by atoms with Gasteiger partial charge in [-0.1, -0.05) is 39.3 Å². The molecule has 4 saturated heterocycles. The van der Waals surface area contributed by atoms with Gasteiger partial charge in [-0.15, -0.1) is 0 Å². The van der Waals surface area contributed by atoms with Gasteiger partial charge in [0.1, 0.15) is 36.6 Å². The van der Waals surface area contributed by atoms with Gasteiger partial charge >= 0.3 is 0 Å². The molecule has 12 nitrogen and oxygen atoms in total. The zero-order valence-corrected chi connectivity index (χ0v) is 31.0. The van der Waals surface area contributed by atoms with Gasteiger partial charge in [-0.3, -0.25) is 0 Å². The lowest BCUT2D eigenvalue weighted by atomic mass is 9.46. The third-order valence-electron chi connectivity index (χ3n) is 15.6. The Balaban J connectivity index is 1.08. The second-order valence-corrected chi connectivity index (χ2v) is 18.3. The smallest absolute Gasteiger partial charge is 0.186 e. The minimum absolute atomic E-state index is 0.119. The fraction of sp³-hybridized carbons (Fsp3) is 0.949. The first-order valence-corrected chi connectivity index (χ1v) is 19.8. The van der Waals surface area contributed by atoms with Crippen LogP contribution in [-0.4, -0.2) is 123 Å². The van der Waals surface area contributed by atoms with Gasteiger partial charge < -0.3 is 59.1 Å². The van der Waals surface area contributed by atoms with E-state index in [1.807, 2.05) is 0 Å². The summed E-state index contributed by atoms with van der Waals surface area (Å²) in [7, 11) is 0. The molecule has 0 aromatic rings. The Kier molecular flexibility index (Phi) is 9.62. The van der Waals surface area contributed by atoms with Crippen LogP contribution >= 0.6 is 0 Å². The zero-order valence-electron chi connectivity index (χ0n) is 31.0. The SMILES string of the molecule is CC1O[C@@H](O[C@@H]2CC3=CC[C@H]4[C@@H]5C[C@@H]6O[C@]7(CC[C@H](C)CO7)[C@@H](C)[C@@H]6[C@@]5(C)CC[C@@H]4[C@@]3(C)[C@H](O[C@@H]3OC(C)[C@H](O)C(O)[C@@H]3O)C2)[C@@H](O)C(O)[C@H]1O. The maximum Gasteiger partial charge on any atom is 0.186 e. The number of allylic oxidation sites excluding steroid dienone is 1. The molecule has 4 heterocycles. The van der Waals surface area contributed by atoms with Crippen molar-refractivity contribution in [2.45, 2.75) is 178 Å². The average molecular weight is 723 g/mol. The zero-order chi connectivity index (χ0) is 36.4. The van der Waals surface area contributed by atoms with Gasteiger partial charge in [0.2, 0.25) is 0 Å². The first kappa shape index (κ1) is 37.2. The van der Waals surface area contributed by atoms with Crippen LogP contribution in [0.15, 0.2) is 11.6 Å². The molecule has 8 rings (SSSR count). The highest BCUT2D eigenvalue weighted by Gasteiger charge is 2.69. The van der Waals surface area contributed by atoms with Gasteiger partial charge in [0.15, 0.2) is 18.4 Å². The molecule has 12 heteroatoms. The quantitative estimate of drug-likeness (QED) is 0.234. The molecule has 1 spiro atoms. The molecule has 290 valence electrons. The number of hydrogen-bond donors (Lipinski definition) is 6. The van der Waals surface area contributed by atoms with Crippen LogP contribution in [0.2, 0.25) is 0 Å². The van der Waals surface area contributed by atoms with Crippen LogP contribution in [0.4, 0.5) is 0 Å². The molecule has 4 unspecified atom stereocenters. The topological polar surface area (TPSA) is 177 Å². The molecule has 4 aliphatic heterocycles. The molecule has 0 aromatic carbocycles. The number of rotatable bonds is 4. The summed E-state index contributed by atoms with van der Waals surface area (Å²) in [5.41, 5.74) is 0.868. The molecule has 22 atom stereocenters. The number of hydrogen-bond acceptors (Lipinski definition) is 12. The maximum atomic E-state index is 11.1. The predicted octanol–water partition coefficient (Wildman–Crippen LogP) is 2.39. The van der Waals surface area contributed by atoms with Gasteiger partial charge in [0, 0.05) is 24.2 Å². The standard InChI is InChI=1S/C39H62O12/c1-17-9-12-39(46-16-17)18(2)28-26(51-39)15-25-23-8-7-21-13-22(49-35-33(44)31(42)29(40)19(3)47-35)14-27(38(21,6)24(23)10-11-37(25,28)5)50-36-34(45)32(43)30(41)20(4)48-36/h7,17-20,22-36,40-45H,8-16H2,1-6H3/t17-,18-,19?,20?,22+,23+,24-,25-,26-,27+,28-,29-,30-,31?,32?,33-,34-,35-,36-,37-,38-,39+/m0/s1. The molecule has 3 saturated carbocycles. The summed E-state index contributed by atoms with van der Waals surface area (Å²) >= 11 is 0. The molecular formula is C39H62O12. The molecule has 0 bridgehead atoms. The van der Waals surface area contributed by atoms with Crippen LogP contribution in [0.5, 0.6) is 0 Å². The van der Waals surface area contributed by atoms with Crippen LogP contribution in [-0.2, 0) is 28.4 Å². The van der Waals surface area contributed by atoms with Crippen LogP contribution < -0.4 is 0 Å². The summed E-state index contributed by atoms with van der Waals surface area (Å²) in [6.07, 6.45) is -3.33. The summed E-state index contributed by atoms with van der Waals surface area (Å²) in [6.45, 7) is 13.4. The van der Waals surface area contributed by atoms with E-state index in [1.54, 1.807) is 13.8 Å². The Labute approximate surface area is 301 Å². The van der Waals surface area contributed by atoms with E-state index in [-0.39, 0.29) is 17.4 Å². The number of fused-ring (bicyclic) bond motifs is 7. The highest BCUT2D eigenvalue weighted by molar-refractivity contribution is 5.29. The molecule has 0 amide bonds. The first-order valence-electron chi connectivity index (χ1n) is 19.8. The lowest BCUT2D eigenvalue weighted by Gasteiger charge is -2.61. The lowest BCUT2D eigenvalue weighted by molar-refractivity contribution is -0.329. The fourth-order valence-corrected chi connectivity index (χ4v) is 12.6. The molecule has 6 N–H and O–H groups in total. The van der Waals surface area contributed by atoms with E-state index in [1.165, 1.54) is 5.57 Å². The van der Waals surface area contributed by atoms with Crippen molar-refractivity contribution in [3.05, 3.63) is 11.6 Å². The van der Waals surface area contributed by atoms with Crippen LogP contribution in [0, 0.1) is 46.3 Å². The number of aliphatic hydroxyl groups is 6. The highest BCUT2D eigenvalue weighted by Crippen LogP contribution is 2.71. The number of aliphatic hydroxyl groups excluding tert-OH is 6. The van der Waals surface area contributed by atoms with Gasteiger partial charge in [-0.2, -0.15) is 0 Å². The second-order valence-electron chi connectivity index (χ2n) is 18.3. The van der Waals surface area contributed by atoms with Gasteiger partial charge in [0.25, 0.3) is 0 Å². The van der Waals surface area contributed by atoms with E-state index < -0.39 is 84.8 Å². The molecule has 7 fully saturated rings. The molecule has 51 heavy (non-hydrogen) atoms. The van der Waals surface area contributed by atoms with E-state index in [9.17, 15) is 30.6 Å². The molecular weight excluding hydrogens is 660 g/mol. The first-order chi connectivity index (χ1) is 24.1. The third kappa shape index (κ3) is 5.67. The van der Waals surface area contributed by atoms with Crippen molar-refractivity contribution in [2.24, 2.45) is 46.3 Å². The molecule has 0 radical (unpaired) electrons. The van der Waals surface area contributed by atoms with Gasteiger partial charge in [-0.25, -0.2) is 0 Å². The Morgan fingerprint density at radius 1 is 0.745 bits per heavy atom. The predicted molar refractivity (Wildman–Crippen MR) is 182 cm³/mol. The fourth-order valence-electron chi connectivity index (χ4n) is 12.6. The largest absolute Gasteiger partial charge is 0.388 e. The van der Waals surface area contributed by atoms with Crippen LogP contribution in [0.25, 0.3) is 0 Å². The minimum Gasteiger partial charge on any atom is -0.388 e. The molecule has 0 aromatic heterocycles. The van der Waals surface area contributed by atoms with Crippen molar-refractivity contribution >= 4 is 0 Å². The van der Waals surface area contributed by atoms with E-state index in [4.69, 9.17) is 28.4 Å². The molecule has 8 aliphatic rings. The normalized spacial score (nSPS) is 59.8. The second kappa shape index (κ2) is 13.2. The highest BCUT2D eigenvalue weighted by atomic mass is 16.7. The van der Waals surface area contributed by atoms with Gasteiger partial charge in [0.05, 0.1) is 37.1 Å². The van der Waals surface area contributed by atoms with Crippen molar-refractivity contribution < 1.29 is 59.1 Å². The van der Waals surface area contributed by atoms with E-state index in [0.717, 1.165) is 45.1 Å². The summed E-state index contributed by atoms with van der Waals surface area (Å²) in [4.78, 5) is 0.